The molecule has 0 aliphatic carbocycles. The van der Waals surface area contributed by atoms with Crippen molar-refractivity contribution in [2.24, 2.45) is 0 Å². The van der Waals surface area contributed by atoms with Crippen LogP contribution in [0.15, 0.2) is 87.3 Å². The fourth-order valence-corrected chi connectivity index (χ4v) is 4.06. The molecule has 184 valence electrons. The Bertz CT molecular complexity index is 1440. The number of halogens is 3. The summed E-state index contributed by atoms with van der Waals surface area (Å²) < 4.78 is 39.6. The lowest BCUT2D eigenvalue weighted by molar-refractivity contribution is 0.298. The SMILES string of the molecule is C/C(=C/C=C(\C)c1cc(Br)ccc1OCc1ccc(F)cc1F)Cc1cccc(-c2nnc(C)o2)c1. The van der Waals surface area contributed by atoms with E-state index in [-0.39, 0.29) is 6.61 Å². The molecule has 4 rings (SSSR count). The van der Waals surface area contributed by atoms with E-state index in [9.17, 15) is 8.78 Å². The number of hydrogen-bond donors (Lipinski definition) is 0. The van der Waals surface area contributed by atoms with E-state index < -0.39 is 11.6 Å². The molecule has 0 saturated heterocycles. The number of rotatable bonds is 8. The van der Waals surface area contributed by atoms with E-state index in [0.29, 0.717) is 23.1 Å². The Morgan fingerprint density at radius 1 is 1.00 bits per heavy atom. The Hall–Kier alpha value is -3.58. The normalized spacial score (nSPS) is 12.2. The van der Waals surface area contributed by atoms with Crippen molar-refractivity contribution in [2.75, 3.05) is 0 Å². The first kappa shape index (κ1) is 25.5. The van der Waals surface area contributed by atoms with Crippen LogP contribution in [0.2, 0.25) is 0 Å². The third-order valence-electron chi connectivity index (χ3n) is 5.57. The maximum Gasteiger partial charge on any atom is 0.247 e. The van der Waals surface area contributed by atoms with E-state index in [2.05, 4.69) is 51.3 Å². The number of aromatic nitrogens is 2. The molecule has 4 aromatic rings. The van der Waals surface area contributed by atoms with Gasteiger partial charge in [0, 0.05) is 34.2 Å². The molecule has 7 heteroatoms. The van der Waals surface area contributed by atoms with E-state index >= 15 is 0 Å². The molecular weight excluding hydrogens is 526 g/mol. The number of nitrogens with zero attached hydrogens (tertiary/aromatic N) is 2. The quantitative estimate of drug-likeness (QED) is 0.207. The zero-order valence-electron chi connectivity index (χ0n) is 20.2. The van der Waals surface area contributed by atoms with Crippen LogP contribution in [0.4, 0.5) is 8.78 Å². The number of hydrogen-bond acceptors (Lipinski definition) is 4. The van der Waals surface area contributed by atoms with Crippen LogP contribution in [-0.2, 0) is 13.0 Å². The standard InChI is InChI=1S/C29H25BrF2N2O2/c1-18(13-21-5-4-6-22(14-21)29-34-33-20(3)36-29)7-8-19(2)26-15-24(30)10-12-28(26)35-17-23-9-11-25(31)16-27(23)32/h4-12,14-16H,13,17H2,1-3H3/b18-7-,19-8+. The van der Waals surface area contributed by atoms with Gasteiger partial charge in [0.2, 0.25) is 11.8 Å². The van der Waals surface area contributed by atoms with Crippen LogP contribution in [0.5, 0.6) is 5.75 Å². The van der Waals surface area contributed by atoms with Gasteiger partial charge in [-0.15, -0.1) is 10.2 Å². The van der Waals surface area contributed by atoms with Crippen molar-refractivity contribution in [1.29, 1.82) is 0 Å². The first-order valence-electron chi connectivity index (χ1n) is 11.4. The molecule has 0 atom stereocenters. The van der Waals surface area contributed by atoms with Gasteiger partial charge in [-0.1, -0.05) is 45.8 Å². The monoisotopic (exact) mass is 550 g/mol. The molecule has 0 aliphatic heterocycles. The number of benzene rings is 3. The predicted molar refractivity (Wildman–Crippen MR) is 140 cm³/mol. The lowest BCUT2D eigenvalue weighted by Crippen LogP contribution is -2.01. The third kappa shape index (κ3) is 6.55. The topological polar surface area (TPSA) is 48.2 Å². The zero-order valence-corrected chi connectivity index (χ0v) is 21.8. The summed E-state index contributed by atoms with van der Waals surface area (Å²) in [5.41, 5.74) is 5.35. The molecule has 1 heterocycles. The lowest BCUT2D eigenvalue weighted by atomic mass is 10.0. The van der Waals surface area contributed by atoms with Gasteiger partial charge in [0.05, 0.1) is 0 Å². The average molecular weight is 551 g/mol. The Morgan fingerprint density at radius 3 is 2.58 bits per heavy atom. The van der Waals surface area contributed by atoms with E-state index in [4.69, 9.17) is 9.15 Å². The molecule has 3 aromatic carbocycles. The molecule has 0 unspecified atom stereocenters. The largest absolute Gasteiger partial charge is 0.488 e. The highest BCUT2D eigenvalue weighted by molar-refractivity contribution is 9.10. The van der Waals surface area contributed by atoms with Crippen molar-refractivity contribution in [3.05, 3.63) is 117 Å². The molecule has 36 heavy (non-hydrogen) atoms. The Balaban J connectivity index is 1.49. The highest BCUT2D eigenvalue weighted by Crippen LogP contribution is 2.30. The molecule has 0 aliphatic rings. The molecule has 0 bridgehead atoms. The minimum atomic E-state index is -0.627. The molecule has 0 amide bonds. The molecular formula is C29H25BrF2N2O2. The third-order valence-corrected chi connectivity index (χ3v) is 6.06. The summed E-state index contributed by atoms with van der Waals surface area (Å²) in [6, 6.07) is 17.2. The second-order valence-corrected chi connectivity index (χ2v) is 9.45. The average Bonchev–Trinajstić information content (AvgIpc) is 3.29. The number of allylic oxidation sites excluding steroid dienone is 4. The molecule has 4 nitrogen and oxygen atoms in total. The summed E-state index contributed by atoms with van der Waals surface area (Å²) in [7, 11) is 0. The smallest absolute Gasteiger partial charge is 0.247 e. The second-order valence-electron chi connectivity index (χ2n) is 8.53. The van der Waals surface area contributed by atoms with E-state index in [0.717, 1.165) is 39.2 Å². The van der Waals surface area contributed by atoms with Crippen LogP contribution >= 0.6 is 15.9 Å². The molecule has 0 radical (unpaired) electrons. The minimum absolute atomic E-state index is 0.00119. The first-order chi connectivity index (χ1) is 17.3. The fourth-order valence-electron chi connectivity index (χ4n) is 3.70. The van der Waals surface area contributed by atoms with Crippen LogP contribution in [0.1, 0.15) is 36.4 Å². The van der Waals surface area contributed by atoms with Crippen molar-refractivity contribution >= 4 is 21.5 Å². The summed E-state index contributed by atoms with van der Waals surface area (Å²) >= 11 is 3.51. The van der Waals surface area contributed by atoms with Crippen molar-refractivity contribution in [2.45, 2.75) is 33.8 Å². The summed E-state index contributed by atoms with van der Waals surface area (Å²) in [5.74, 6) is 0.417. The van der Waals surface area contributed by atoms with Crippen LogP contribution in [0, 0.1) is 18.6 Å². The second kappa shape index (κ2) is 11.4. The molecule has 0 fully saturated rings. The summed E-state index contributed by atoms with van der Waals surface area (Å²) in [6.45, 7) is 5.84. The molecule has 0 spiro atoms. The molecule has 0 saturated carbocycles. The van der Waals surface area contributed by atoms with Crippen molar-refractivity contribution in [3.8, 4) is 17.2 Å². The van der Waals surface area contributed by atoms with Gasteiger partial charge < -0.3 is 9.15 Å². The maximum atomic E-state index is 14.0. The van der Waals surface area contributed by atoms with Gasteiger partial charge in [-0.3, -0.25) is 0 Å². The van der Waals surface area contributed by atoms with Gasteiger partial charge in [-0.25, -0.2) is 8.78 Å². The predicted octanol–water partition coefficient (Wildman–Crippen LogP) is 8.26. The van der Waals surface area contributed by atoms with Gasteiger partial charge in [0.25, 0.3) is 0 Å². The van der Waals surface area contributed by atoms with Gasteiger partial charge >= 0.3 is 0 Å². The van der Waals surface area contributed by atoms with Gasteiger partial charge in [0.15, 0.2) is 0 Å². The highest BCUT2D eigenvalue weighted by Gasteiger charge is 2.10. The lowest BCUT2D eigenvalue weighted by Gasteiger charge is -2.13. The Labute approximate surface area is 217 Å². The zero-order chi connectivity index (χ0) is 25.7. The summed E-state index contributed by atoms with van der Waals surface area (Å²) in [5, 5.41) is 7.99. The van der Waals surface area contributed by atoms with Crippen LogP contribution < -0.4 is 4.74 Å². The Kier molecular flexibility index (Phi) is 8.10. The van der Waals surface area contributed by atoms with Crippen molar-refractivity contribution in [3.63, 3.8) is 0 Å². The fraction of sp³-hybridized carbons (Fsp3) is 0.172. The number of aryl methyl sites for hydroxylation is 1. The van der Waals surface area contributed by atoms with Crippen LogP contribution in [-0.4, -0.2) is 10.2 Å². The van der Waals surface area contributed by atoms with Crippen LogP contribution in [0.3, 0.4) is 0 Å². The van der Waals surface area contributed by atoms with E-state index in [1.54, 1.807) is 6.92 Å². The van der Waals surface area contributed by atoms with Crippen LogP contribution in [0.25, 0.3) is 17.0 Å². The first-order valence-corrected chi connectivity index (χ1v) is 12.2. The highest BCUT2D eigenvalue weighted by atomic mass is 79.9. The maximum absolute atomic E-state index is 14.0. The van der Waals surface area contributed by atoms with Crippen molar-refractivity contribution in [1.82, 2.24) is 10.2 Å². The van der Waals surface area contributed by atoms with Gasteiger partial charge in [-0.2, -0.15) is 0 Å². The summed E-state index contributed by atoms with van der Waals surface area (Å²) in [4.78, 5) is 0. The van der Waals surface area contributed by atoms with E-state index in [1.165, 1.54) is 17.7 Å². The number of ether oxygens (including phenoxy) is 1. The Morgan fingerprint density at radius 2 is 1.83 bits per heavy atom. The molecule has 0 N–H and O–H groups in total. The molecule has 1 aromatic heterocycles. The van der Waals surface area contributed by atoms with Crippen molar-refractivity contribution < 1.29 is 17.9 Å². The van der Waals surface area contributed by atoms with Gasteiger partial charge in [0.1, 0.15) is 24.0 Å². The minimum Gasteiger partial charge on any atom is -0.488 e. The van der Waals surface area contributed by atoms with E-state index in [1.807, 2.05) is 43.3 Å². The summed E-state index contributed by atoms with van der Waals surface area (Å²) in [6.07, 6.45) is 4.87. The van der Waals surface area contributed by atoms with Gasteiger partial charge in [-0.05, 0) is 73.9 Å².